The molecule has 160 valence electrons. The van der Waals surface area contributed by atoms with E-state index in [2.05, 4.69) is 20.4 Å². The molecule has 0 bridgehead atoms. The van der Waals surface area contributed by atoms with Crippen LogP contribution in [-0.4, -0.2) is 44.9 Å². The fourth-order valence-electron chi connectivity index (χ4n) is 3.83. The molecule has 4 heterocycles. The largest absolute Gasteiger partial charge is 0.449 e. The summed E-state index contributed by atoms with van der Waals surface area (Å²) >= 11 is 0. The third-order valence-corrected chi connectivity index (χ3v) is 5.37. The molecule has 2 aliphatic rings. The van der Waals surface area contributed by atoms with Crippen molar-refractivity contribution in [2.24, 2.45) is 0 Å². The monoisotopic (exact) mass is 421 g/mol. The molecule has 1 N–H and O–H groups in total. The van der Waals surface area contributed by atoms with Gasteiger partial charge in [0.1, 0.15) is 5.69 Å². The van der Waals surface area contributed by atoms with E-state index in [1.807, 2.05) is 38.1 Å². The Bertz CT molecular complexity index is 1090. The van der Waals surface area contributed by atoms with E-state index in [9.17, 15) is 4.79 Å². The molecule has 1 aromatic carbocycles. The van der Waals surface area contributed by atoms with Crippen LogP contribution in [0.1, 0.15) is 38.5 Å². The fraction of sp³-hybridized carbons (Fsp3) is 0.364. The van der Waals surface area contributed by atoms with Crippen LogP contribution in [0.4, 0.5) is 10.5 Å². The van der Waals surface area contributed by atoms with Crippen molar-refractivity contribution in [3.05, 3.63) is 48.5 Å². The van der Waals surface area contributed by atoms with Crippen molar-refractivity contribution in [1.29, 1.82) is 0 Å². The molecule has 9 nitrogen and oxygen atoms in total. The van der Waals surface area contributed by atoms with Gasteiger partial charge in [0.25, 0.3) is 0 Å². The predicted molar refractivity (Wildman–Crippen MR) is 112 cm³/mol. The Hall–Kier alpha value is -3.62. The van der Waals surface area contributed by atoms with Gasteiger partial charge in [0.05, 0.1) is 0 Å². The molecule has 0 radical (unpaired) electrons. The summed E-state index contributed by atoms with van der Waals surface area (Å²) in [6.45, 7) is 4.90. The van der Waals surface area contributed by atoms with Crippen molar-refractivity contribution in [2.75, 3.05) is 18.4 Å². The molecule has 0 atom stereocenters. The third-order valence-electron chi connectivity index (χ3n) is 5.37. The van der Waals surface area contributed by atoms with Gasteiger partial charge in [0.2, 0.25) is 17.5 Å². The molecule has 9 heteroatoms. The van der Waals surface area contributed by atoms with Crippen molar-refractivity contribution in [2.45, 2.75) is 38.4 Å². The third kappa shape index (κ3) is 4.03. The molecule has 1 saturated heterocycles. The molecule has 31 heavy (non-hydrogen) atoms. The van der Waals surface area contributed by atoms with Gasteiger partial charge in [-0.15, -0.1) is 0 Å². The van der Waals surface area contributed by atoms with Gasteiger partial charge in [-0.05, 0) is 37.1 Å². The summed E-state index contributed by atoms with van der Waals surface area (Å²) in [7, 11) is 0. The standard InChI is InChI=1S/C22H23N5O4/c1-22(2)29-17-7-6-15(13-18(17)30-22)24-21(28)27-11-8-14(9-12-27)20-25-19(26-31-20)16-5-3-4-10-23-16/h3-7,10,13-14H,8-9,11-12H2,1-2H3,(H,24,28). The number of nitrogens with zero attached hydrogens (tertiary/aromatic N) is 4. The smallest absolute Gasteiger partial charge is 0.321 e. The van der Waals surface area contributed by atoms with E-state index in [4.69, 9.17) is 14.0 Å². The first-order chi connectivity index (χ1) is 15.0. The quantitative estimate of drug-likeness (QED) is 0.680. The predicted octanol–water partition coefficient (Wildman–Crippen LogP) is 4.05. The van der Waals surface area contributed by atoms with Crippen molar-refractivity contribution in [1.82, 2.24) is 20.0 Å². The van der Waals surface area contributed by atoms with Crippen molar-refractivity contribution >= 4 is 11.7 Å². The van der Waals surface area contributed by atoms with Crippen LogP contribution in [0, 0.1) is 0 Å². The summed E-state index contributed by atoms with van der Waals surface area (Å²) in [5.41, 5.74) is 1.35. The van der Waals surface area contributed by atoms with Crippen LogP contribution in [0.15, 0.2) is 47.1 Å². The normalized spacial score (nSPS) is 17.5. The maximum Gasteiger partial charge on any atom is 0.321 e. The summed E-state index contributed by atoms with van der Waals surface area (Å²) in [6, 6.07) is 10.8. The van der Waals surface area contributed by atoms with Crippen LogP contribution in [-0.2, 0) is 0 Å². The number of hydrogen-bond donors (Lipinski definition) is 1. The maximum absolute atomic E-state index is 12.7. The van der Waals surface area contributed by atoms with Crippen LogP contribution >= 0.6 is 0 Å². The van der Waals surface area contributed by atoms with Crippen LogP contribution in [0.2, 0.25) is 0 Å². The van der Waals surface area contributed by atoms with E-state index in [1.54, 1.807) is 23.2 Å². The molecule has 5 rings (SSSR count). The van der Waals surface area contributed by atoms with Gasteiger partial charge in [0.15, 0.2) is 11.5 Å². The number of aromatic nitrogens is 3. The molecule has 1 fully saturated rings. The van der Waals surface area contributed by atoms with Gasteiger partial charge in [0, 0.05) is 50.8 Å². The maximum atomic E-state index is 12.7. The Kier molecular flexibility index (Phi) is 4.72. The molecular weight excluding hydrogens is 398 g/mol. The molecular formula is C22H23N5O4. The Labute approximate surface area is 179 Å². The Balaban J connectivity index is 1.18. The number of urea groups is 1. The average Bonchev–Trinajstić information content (AvgIpc) is 3.37. The lowest BCUT2D eigenvalue weighted by Crippen LogP contribution is -2.40. The Morgan fingerprint density at radius 2 is 1.94 bits per heavy atom. The molecule has 0 unspecified atom stereocenters. The first kappa shape index (κ1) is 19.3. The number of ether oxygens (including phenoxy) is 2. The highest BCUT2D eigenvalue weighted by molar-refractivity contribution is 5.89. The zero-order valence-electron chi connectivity index (χ0n) is 17.4. The number of pyridine rings is 1. The molecule has 0 spiro atoms. The first-order valence-corrected chi connectivity index (χ1v) is 10.3. The fourth-order valence-corrected chi connectivity index (χ4v) is 3.83. The highest BCUT2D eigenvalue weighted by atomic mass is 16.7. The number of fused-ring (bicyclic) bond motifs is 1. The number of carbonyl (C=O) groups is 1. The lowest BCUT2D eigenvalue weighted by molar-refractivity contribution is -0.0431. The van der Waals surface area contributed by atoms with Gasteiger partial charge in [-0.2, -0.15) is 4.98 Å². The highest BCUT2D eigenvalue weighted by Crippen LogP contribution is 2.40. The van der Waals surface area contributed by atoms with E-state index >= 15 is 0 Å². The van der Waals surface area contributed by atoms with E-state index in [0.717, 1.165) is 12.8 Å². The summed E-state index contributed by atoms with van der Waals surface area (Å²) in [5, 5.41) is 6.99. The summed E-state index contributed by atoms with van der Waals surface area (Å²) in [4.78, 5) is 23.3. The average molecular weight is 421 g/mol. The van der Waals surface area contributed by atoms with Gasteiger partial charge in [-0.1, -0.05) is 11.2 Å². The summed E-state index contributed by atoms with van der Waals surface area (Å²) in [5.74, 6) is 1.82. The van der Waals surface area contributed by atoms with E-state index in [1.165, 1.54) is 0 Å². The highest BCUT2D eigenvalue weighted by Gasteiger charge is 2.32. The number of benzene rings is 1. The number of carbonyl (C=O) groups excluding carboxylic acids is 1. The minimum Gasteiger partial charge on any atom is -0.449 e. The van der Waals surface area contributed by atoms with Crippen LogP contribution in [0.5, 0.6) is 11.5 Å². The molecule has 2 amide bonds. The van der Waals surface area contributed by atoms with Gasteiger partial charge >= 0.3 is 6.03 Å². The lowest BCUT2D eigenvalue weighted by Gasteiger charge is -2.30. The van der Waals surface area contributed by atoms with Gasteiger partial charge < -0.3 is 24.2 Å². The first-order valence-electron chi connectivity index (χ1n) is 10.3. The SMILES string of the molecule is CC1(C)Oc2ccc(NC(=O)N3CCC(c4nc(-c5ccccn5)no4)CC3)cc2O1. The number of amides is 2. The minimum atomic E-state index is -0.696. The van der Waals surface area contributed by atoms with Crippen molar-refractivity contribution in [3.8, 4) is 23.0 Å². The lowest BCUT2D eigenvalue weighted by atomic mass is 9.97. The second kappa shape index (κ2) is 7.57. The van der Waals surface area contributed by atoms with Crippen LogP contribution in [0.25, 0.3) is 11.5 Å². The molecule has 2 aromatic heterocycles. The van der Waals surface area contributed by atoms with Crippen LogP contribution < -0.4 is 14.8 Å². The van der Waals surface area contributed by atoms with E-state index in [-0.39, 0.29) is 11.9 Å². The number of hydrogen-bond acceptors (Lipinski definition) is 7. The van der Waals surface area contributed by atoms with E-state index in [0.29, 0.717) is 47.7 Å². The van der Waals surface area contributed by atoms with Crippen molar-refractivity contribution in [3.63, 3.8) is 0 Å². The second-order valence-corrected chi connectivity index (χ2v) is 8.13. The second-order valence-electron chi connectivity index (χ2n) is 8.13. The molecule has 0 saturated carbocycles. The number of rotatable bonds is 3. The zero-order chi connectivity index (χ0) is 21.4. The molecule has 3 aromatic rings. The number of anilines is 1. The molecule has 0 aliphatic carbocycles. The topological polar surface area (TPSA) is 103 Å². The van der Waals surface area contributed by atoms with Crippen molar-refractivity contribution < 1.29 is 18.8 Å². The summed E-state index contributed by atoms with van der Waals surface area (Å²) < 4.78 is 16.9. The number of piperidine rings is 1. The zero-order valence-corrected chi connectivity index (χ0v) is 17.4. The summed E-state index contributed by atoms with van der Waals surface area (Å²) in [6.07, 6.45) is 3.21. The number of nitrogens with one attached hydrogen (secondary N) is 1. The molecule has 2 aliphatic heterocycles. The Morgan fingerprint density at radius 1 is 1.13 bits per heavy atom. The Morgan fingerprint density at radius 3 is 2.71 bits per heavy atom. The van der Waals surface area contributed by atoms with Gasteiger partial charge in [-0.3, -0.25) is 4.98 Å². The van der Waals surface area contributed by atoms with Crippen LogP contribution in [0.3, 0.4) is 0 Å². The minimum absolute atomic E-state index is 0.127. The van der Waals surface area contributed by atoms with Gasteiger partial charge in [-0.25, -0.2) is 4.79 Å². The number of likely N-dealkylation sites (tertiary alicyclic amines) is 1. The van der Waals surface area contributed by atoms with E-state index < -0.39 is 5.79 Å².